The second-order valence-corrected chi connectivity index (χ2v) is 5.07. The van der Waals surface area contributed by atoms with Crippen LogP contribution in [0.25, 0.3) is 0 Å². The maximum atomic E-state index is 9.11. The average molecular weight is 305 g/mol. The Kier molecular flexibility index (Phi) is 5.83. The van der Waals surface area contributed by atoms with E-state index >= 15 is 0 Å². The van der Waals surface area contributed by atoms with Crippen LogP contribution in [0, 0.1) is 0 Å². The SMILES string of the molecule is CCNc1cc(Oc2ccccc2CCO)nc(SC)n1. The van der Waals surface area contributed by atoms with Gasteiger partial charge in [0.05, 0.1) is 0 Å². The summed E-state index contributed by atoms with van der Waals surface area (Å²) in [5.74, 6) is 1.95. The van der Waals surface area contributed by atoms with E-state index in [0.717, 1.165) is 17.9 Å². The van der Waals surface area contributed by atoms with Crippen LogP contribution in [-0.4, -0.2) is 34.5 Å². The van der Waals surface area contributed by atoms with Crippen LogP contribution in [0.2, 0.25) is 0 Å². The zero-order valence-electron chi connectivity index (χ0n) is 12.2. The Bertz CT molecular complexity index is 593. The monoisotopic (exact) mass is 305 g/mol. The molecule has 6 heteroatoms. The number of aromatic nitrogens is 2. The van der Waals surface area contributed by atoms with Crippen molar-refractivity contribution in [3.8, 4) is 11.6 Å². The number of aliphatic hydroxyl groups excluding tert-OH is 1. The lowest BCUT2D eigenvalue weighted by Crippen LogP contribution is -2.03. The number of ether oxygens (including phenoxy) is 1. The second kappa shape index (κ2) is 7.85. The van der Waals surface area contributed by atoms with E-state index in [0.29, 0.717) is 23.2 Å². The zero-order valence-corrected chi connectivity index (χ0v) is 13.0. The highest BCUT2D eigenvalue weighted by Crippen LogP contribution is 2.27. The third kappa shape index (κ3) is 4.34. The molecule has 1 aromatic carbocycles. The van der Waals surface area contributed by atoms with Gasteiger partial charge in [-0.15, -0.1) is 0 Å². The molecule has 0 bridgehead atoms. The van der Waals surface area contributed by atoms with Crippen molar-refractivity contribution in [2.45, 2.75) is 18.5 Å². The number of rotatable bonds is 7. The third-order valence-corrected chi connectivity index (χ3v) is 3.34. The summed E-state index contributed by atoms with van der Waals surface area (Å²) in [5.41, 5.74) is 0.953. The summed E-state index contributed by atoms with van der Waals surface area (Å²) in [4.78, 5) is 8.72. The third-order valence-electron chi connectivity index (χ3n) is 2.79. The van der Waals surface area contributed by atoms with Crippen LogP contribution in [0.15, 0.2) is 35.5 Å². The minimum Gasteiger partial charge on any atom is -0.439 e. The lowest BCUT2D eigenvalue weighted by molar-refractivity contribution is 0.297. The van der Waals surface area contributed by atoms with Gasteiger partial charge in [0, 0.05) is 19.2 Å². The predicted molar refractivity (Wildman–Crippen MR) is 85.3 cm³/mol. The van der Waals surface area contributed by atoms with Crippen LogP contribution < -0.4 is 10.1 Å². The van der Waals surface area contributed by atoms with Crippen molar-refractivity contribution < 1.29 is 9.84 Å². The molecule has 0 atom stereocenters. The number of benzene rings is 1. The van der Waals surface area contributed by atoms with Gasteiger partial charge in [0.25, 0.3) is 0 Å². The number of nitrogens with one attached hydrogen (secondary N) is 1. The first-order valence-corrected chi connectivity index (χ1v) is 8.02. The van der Waals surface area contributed by atoms with Crippen LogP contribution in [0.3, 0.4) is 0 Å². The molecule has 2 aromatic rings. The molecule has 1 aromatic heterocycles. The van der Waals surface area contributed by atoms with Crippen molar-refractivity contribution in [3.05, 3.63) is 35.9 Å². The number of anilines is 1. The Hall–Kier alpha value is -1.79. The van der Waals surface area contributed by atoms with E-state index < -0.39 is 0 Å². The van der Waals surface area contributed by atoms with Crippen LogP contribution >= 0.6 is 11.8 Å². The molecule has 0 fully saturated rings. The van der Waals surface area contributed by atoms with Gasteiger partial charge in [-0.25, -0.2) is 4.98 Å². The summed E-state index contributed by atoms with van der Waals surface area (Å²) in [6.45, 7) is 2.88. The average Bonchev–Trinajstić information content (AvgIpc) is 2.49. The van der Waals surface area contributed by atoms with Crippen LogP contribution in [-0.2, 0) is 6.42 Å². The standard InChI is InChI=1S/C15H19N3O2S/c1-3-16-13-10-14(18-15(17-13)21-2)20-12-7-5-4-6-11(12)8-9-19/h4-7,10,19H,3,8-9H2,1-2H3,(H,16,17,18). The Morgan fingerprint density at radius 2 is 2.10 bits per heavy atom. The fraction of sp³-hybridized carbons (Fsp3) is 0.333. The smallest absolute Gasteiger partial charge is 0.225 e. The molecule has 2 N–H and O–H groups in total. The summed E-state index contributed by atoms with van der Waals surface area (Å²) in [6, 6.07) is 9.42. The molecule has 1 heterocycles. The normalized spacial score (nSPS) is 10.4. The van der Waals surface area contributed by atoms with Crippen LogP contribution in [0.5, 0.6) is 11.6 Å². The van der Waals surface area contributed by atoms with Gasteiger partial charge in [0.2, 0.25) is 5.88 Å². The number of para-hydroxylation sites is 1. The Balaban J connectivity index is 2.28. The minimum absolute atomic E-state index is 0.0862. The highest BCUT2D eigenvalue weighted by atomic mass is 32.2. The summed E-state index contributed by atoms with van der Waals surface area (Å²) in [7, 11) is 0. The Morgan fingerprint density at radius 1 is 1.29 bits per heavy atom. The van der Waals surface area contributed by atoms with Crippen molar-refractivity contribution in [3.63, 3.8) is 0 Å². The molecule has 21 heavy (non-hydrogen) atoms. The van der Waals surface area contributed by atoms with Gasteiger partial charge in [0.15, 0.2) is 5.16 Å². The van der Waals surface area contributed by atoms with E-state index in [2.05, 4.69) is 15.3 Å². The highest BCUT2D eigenvalue weighted by molar-refractivity contribution is 7.98. The Labute approximate surface area is 128 Å². The maximum Gasteiger partial charge on any atom is 0.225 e. The lowest BCUT2D eigenvalue weighted by atomic mass is 10.1. The number of hydrogen-bond acceptors (Lipinski definition) is 6. The molecule has 0 aliphatic carbocycles. The molecule has 2 rings (SSSR count). The molecule has 0 saturated carbocycles. The molecule has 0 amide bonds. The minimum atomic E-state index is 0.0862. The number of thioether (sulfide) groups is 1. The molecule has 0 aliphatic heterocycles. The molecule has 0 spiro atoms. The first kappa shape index (κ1) is 15.6. The summed E-state index contributed by atoms with van der Waals surface area (Å²) in [5, 5.41) is 12.9. The van der Waals surface area contributed by atoms with Crippen molar-refractivity contribution in [1.29, 1.82) is 0 Å². The van der Waals surface area contributed by atoms with Gasteiger partial charge in [-0.05, 0) is 31.2 Å². The topological polar surface area (TPSA) is 67.3 Å². The number of hydrogen-bond donors (Lipinski definition) is 2. The predicted octanol–water partition coefficient (Wildman–Crippen LogP) is 2.96. The number of aliphatic hydroxyl groups is 1. The molecule has 0 aliphatic rings. The van der Waals surface area contributed by atoms with Gasteiger partial charge in [-0.3, -0.25) is 0 Å². The van der Waals surface area contributed by atoms with E-state index in [9.17, 15) is 0 Å². The lowest BCUT2D eigenvalue weighted by Gasteiger charge is -2.11. The quantitative estimate of drug-likeness (QED) is 0.605. The van der Waals surface area contributed by atoms with Crippen molar-refractivity contribution >= 4 is 17.6 Å². The summed E-state index contributed by atoms with van der Waals surface area (Å²) in [6.07, 6.45) is 2.48. The van der Waals surface area contributed by atoms with Crippen LogP contribution in [0.1, 0.15) is 12.5 Å². The summed E-state index contributed by atoms with van der Waals surface area (Å²) < 4.78 is 5.88. The van der Waals surface area contributed by atoms with Crippen LogP contribution in [0.4, 0.5) is 5.82 Å². The first-order chi connectivity index (χ1) is 10.3. The highest BCUT2D eigenvalue weighted by Gasteiger charge is 2.08. The van der Waals surface area contributed by atoms with E-state index in [4.69, 9.17) is 9.84 Å². The largest absolute Gasteiger partial charge is 0.439 e. The molecular formula is C15H19N3O2S. The van der Waals surface area contributed by atoms with Gasteiger partial charge < -0.3 is 15.2 Å². The van der Waals surface area contributed by atoms with E-state index in [1.54, 1.807) is 6.07 Å². The van der Waals surface area contributed by atoms with Gasteiger partial charge in [-0.2, -0.15) is 4.98 Å². The van der Waals surface area contributed by atoms with E-state index in [1.165, 1.54) is 11.8 Å². The molecular weight excluding hydrogens is 286 g/mol. The van der Waals surface area contributed by atoms with Crippen molar-refractivity contribution in [2.24, 2.45) is 0 Å². The van der Waals surface area contributed by atoms with Gasteiger partial charge >= 0.3 is 0 Å². The zero-order chi connectivity index (χ0) is 15.1. The Morgan fingerprint density at radius 3 is 2.81 bits per heavy atom. The maximum absolute atomic E-state index is 9.11. The first-order valence-electron chi connectivity index (χ1n) is 6.80. The van der Waals surface area contributed by atoms with Gasteiger partial charge in [0.1, 0.15) is 11.6 Å². The fourth-order valence-electron chi connectivity index (χ4n) is 1.86. The fourth-order valence-corrected chi connectivity index (χ4v) is 2.23. The number of nitrogens with zero attached hydrogens (tertiary/aromatic N) is 2. The van der Waals surface area contributed by atoms with E-state index in [1.807, 2.05) is 37.4 Å². The van der Waals surface area contributed by atoms with E-state index in [-0.39, 0.29) is 6.61 Å². The molecule has 0 unspecified atom stereocenters. The van der Waals surface area contributed by atoms with Crippen molar-refractivity contribution in [2.75, 3.05) is 24.7 Å². The molecule has 112 valence electrons. The molecule has 0 saturated heterocycles. The summed E-state index contributed by atoms with van der Waals surface area (Å²) >= 11 is 1.47. The molecule has 5 nitrogen and oxygen atoms in total. The molecule has 0 radical (unpaired) electrons. The van der Waals surface area contributed by atoms with Crippen molar-refractivity contribution in [1.82, 2.24) is 9.97 Å². The van der Waals surface area contributed by atoms with Gasteiger partial charge in [-0.1, -0.05) is 30.0 Å². The second-order valence-electron chi connectivity index (χ2n) is 4.29.